The molecule has 1 unspecified atom stereocenters. The summed E-state index contributed by atoms with van der Waals surface area (Å²) in [7, 11) is 0. The number of hydrogen-bond donors (Lipinski definition) is 1. The molecule has 1 heterocycles. The molecule has 1 N–H and O–H groups in total. The van der Waals surface area contributed by atoms with E-state index in [1.54, 1.807) is 0 Å². The molecule has 0 spiro atoms. The van der Waals surface area contributed by atoms with Crippen LogP contribution in [0.15, 0.2) is 24.3 Å². The van der Waals surface area contributed by atoms with Crippen molar-refractivity contribution in [2.45, 2.75) is 26.9 Å². The minimum Gasteiger partial charge on any atom is -0.374 e. The zero-order valence-electron chi connectivity index (χ0n) is 13.3. The number of carbonyl (C=O) groups is 1. The van der Waals surface area contributed by atoms with Gasteiger partial charge in [0, 0.05) is 31.7 Å². The Morgan fingerprint density at radius 1 is 1.48 bits per heavy atom. The van der Waals surface area contributed by atoms with Crippen LogP contribution in [0.1, 0.15) is 29.8 Å². The quantitative estimate of drug-likeness (QED) is 0.903. The van der Waals surface area contributed by atoms with Crippen LogP contribution in [-0.4, -0.2) is 49.7 Å². The van der Waals surface area contributed by atoms with Crippen molar-refractivity contribution in [1.29, 1.82) is 0 Å². The summed E-state index contributed by atoms with van der Waals surface area (Å²) in [6.07, 6.45) is 0.0891. The fourth-order valence-corrected chi connectivity index (χ4v) is 2.68. The fourth-order valence-electron chi connectivity index (χ4n) is 2.68. The first-order valence-electron chi connectivity index (χ1n) is 7.73. The molecule has 0 bridgehead atoms. The maximum atomic E-state index is 12.1. The third-order valence-electron chi connectivity index (χ3n) is 3.62. The number of nitrogens with zero attached hydrogens (tertiary/aromatic N) is 1. The summed E-state index contributed by atoms with van der Waals surface area (Å²) in [5.41, 5.74) is 1.81. The largest absolute Gasteiger partial charge is 0.374 e. The van der Waals surface area contributed by atoms with Gasteiger partial charge in [0.05, 0.1) is 12.7 Å². The van der Waals surface area contributed by atoms with Gasteiger partial charge in [0.15, 0.2) is 0 Å². The van der Waals surface area contributed by atoms with E-state index in [1.165, 1.54) is 0 Å². The third kappa shape index (κ3) is 5.14. The van der Waals surface area contributed by atoms with E-state index in [4.69, 9.17) is 4.74 Å². The first-order valence-corrected chi connectivity index (χ1v) is 7.73. The Morgan fingerprint density at radius 2 is 2.29 bits per heavy atom. The SMILES string of the molecule is Cc1cccc(C(=O)NCC2CN(CC(C)C)CCO2)c1. The highest BCUT2D eigenvalue weighted by molar-refractivity contribution is 5.94. The van der Waals surface area contributed by atoms with Crippen molar-refractivity contribution in [1.82, 2.24) is 10.2 Å². The average molecular weight is 290 g/mol. The van der Waals surface area contributed by atoms with Gasteiger partial charge in [-0.2, -0.15) is 0 Å². The number of hydrogen-bond acceptors (Lipinski definition) is 3. The van der Waals surface area contributed by atoms with Crippen LogP contribution < -0.4 is 5.32 Å². The molecule has 4 nitrogen and oxygen atoms in total. The summed E-state index contributed by atoms with van der Waals surface area (Å²) >= 11 is 0. The van der Waals surface area contributed by atoms with E-state index >= 15 is 0 Å². The van der Waals surface area contributed by atoms with Crippen LogP contribution in [0, 0.1) is 12.8 Å². The summed E-state index contributed by atoms with van der Waals surface area (Å²) < 4.78 is 5.74. The minimum absolute atomic E-state index is 0.0247. The molecule has 0 aliphatic carbocycles. The van der Waals surface area contributed by atoms with Gasteiger partial charge in [-0.3, -0.25) is 9.69 Å². The van der Waals surface area contributed by atoms with E-state index in [9.17, 15) is 4.79 Å². The maximum Gasteiger partial charge on any atom is 0.251 e. The number of morpholine rings is 1. The lowest BCUT2D eigenvalue weighted by Crippen LogP contribution is -2.48. The van der Waals surface area contributed by atoms with Crippen LogP contribution in [0.2, 0.25) is 0 Å². The Bertz CT molecular complexity index is 474. The molecular weight excluding hydrogens is 264 g/mol. The van der Waals surface area contributed by atoms with Crippen LogP contribution in [0.4, 0.5) is 0 Å². The summed E-state index contributed by atoms with van der Waals surface area (Å²) in [5.74, 6) is 0.633. The number of aryl methyl sites for hydroxylation is 1. The minimum atomic E-state index is -0.0247. The second-order valence-electron chi connectivity index (χ2n) is 6.23. The summed E-state index contributed by atoms with van der Waals surface area (Å²) in [5, 5.41) is 2.98. The molecule has 1 atom stereocenters. The monoisotopic (exact) mass is 290 g/mol. The predicted molar refractivity (Wildman–Crippen MR) is 84.5 cm³/mol. The molecule has 0 radical (unpaired) electrons. The van der Waals surface area contributed by atoms with E-state index in [0.717, 1.165) is 31.8 Å². The number of rotatable bonds is 5. The number of benzene rings is 1. The Morgan fingerprint density at radius 3 is 3.00 bits per heavy atom. The van der Waals surface area contributed by atoms with Crippen LogP contribution >= 0.6 is 0 Å². The van der Waals surface area contributed by atoms with Crippen molar-refractivity contribution >= 4 is 5.91 Å². The van der Waals surface area contributed by atoms with Gasteiger partial charge in [-0.05, 0) is 25.0 Å². The molecule has 1 amide bonds. The Labute approximate surface area is 127 Å². The number of nitrogens with one attached hydrogen (secondary N) is 1. The summed E-state index contributed by atoms with van der Waals surface area (Å²) in [6, 6.07) is 7.65. The van der Waals surface area contributed by atoms with E-state index in [-0.39, 0.29) is 12.0 Å². The highest BCUT2D eigenvalue weighted by atomic mass is 16.5. The van der Waals surface area contributed by atoms with Crippen molar-refractivity contribution in [3.63, 3.8) is 0 Å². The van der Waals surface area contributed by atoms with Gasteiger partial charge in [0.25, 0.3) is 5.91 Å². The molecule has 0 aromatic heterocycles. The van der Waals surface area contributed by atoms with Gasteiger partial charge in [0.1, 0.15) is 0 Å². The molecule has 1 aliphatic heterocycles. The Balaban J connectivity index is 1.81. The van der Waals surface area contributed by atoms with Crippen molar-refractivity contribution in [2.24, 2.45) is 5.92 Å². The maximum absolute atomic E-state index is 12.1. The highest BCUT2D eigenvalue weighted by Gasteiger charge is 2.21. The van der Waals surface area contributed by atoms with Gasteiger partial charge in [0.2, 0.25) is 0 Å². The predicted octanol–water partition coefficient (Wildman–Crippen LogP) is 2.08. The second-order valence-corrected chi connectivity index (χ2v) is 6.23. The molecule has 1 aromatic rings. The summed E-state index contributed by atoms with van der Waals surface area (Å²) in [4.78, 5) is 14.5. The smallest absolute Gasteiger partial charge is 0.251 e. The number of ether oxygens (including phenoxy) is 1. The Kier molecular flexibility index (Phi) is 5.76. The third-order valence-corrected chi connectivity index (χ3v) is 3.62. The van der Waals surface area contributed by atoms with Crippen LogP contribution in [0.5, 0.6) is 0 Å². The lowest BCUT2D eigenvalue weighted by atomic mass is 10.1. The molecule has 1 fully saturated rings. The van der Waals surface area contributed by atoms with E-state index < -0.39 is 0 Å². The van der Waals surface area contributed by atoms with Gasteiger partial charge < -0.3 is 10.1 Å². The molecule has 4 heteroatoms. The standard InChI is InChI=1S/C17H26N2O2/c1-13(2)11-19-7-8-21-16(12-19)10-18-17(20)15-6-4-5-14(3)9-15/h4-6,9,13,16H,7-8,10-12H2,1-3H3,(H,18,20). The molecule has 116 valence electrons. The number of amides is 1. The second kappa shape index (κ2) is 7.57. The molecule has 2 rings (SSSR count). The molecule has 0 saturated carbocycles. The Hall–Kier alpha value is -1.39. The van der Waals surface area contributed by atoms with E-state index in [0.29, 0.717) is 18.0 Å². The lowest BCUT2D eigenvalue weighted by molar-refractivity contribution is -0.0295. The van der Waals surface area contributed by atoms with Crippen molar-refractivity contribution in [3.8, 4) is 0 Å². The summed E-state index contributed by atoms with van der Waals surface area (Å²) in [6.45, 7) is 10.7. The molecule has 1 aliphatic rings. The van der Waals surface area contributed by atoms with Gasteiger partial charge in [-0.15, -0.1) is 0 Å². The zero-order chi connectivity index (χ0) is 15.2. The van der Waals surface area contributed by atoms with Crippen LogP contribution in [-0.2, 0) is 4.74 Å². The average Bonchev–Trinajstić information content (AvgIpc) is 2.44. The fraction of sp³-hybridized carbons (Fsp3) is 0.588. The first-order chi connectivity index (χ1) is 10.0. The number of carbonyl (C=O) groups excluding carboxylic acids is 1. The first kappa shape index (κ1) is 16.0. The van der Waals surface area contributed by atoms with Gasteiger partial charge in [-0.1, -0.05) is 31.5 Å². The van der Waals surface area contributed by atoms with Crippen molar-refractivity contribution in [3.05, 3.63) is 35.4 Å². The molecule has 1 aromatic carbocycles. The van der Waals surface area contributed by atoms with E-state index in [1.807, 2.05) is 31.2 Å². The molecule has 1 saturated heterocycles. The van der Waals surface area contributed by atoms with Crippen LogP contribution in [0.25, 0.3) is 0 Å². The highest BCUT2D eigenvalue weighted by Crippen LogP contribution is 2.08. The van der Waals surface area contributed by atoms with Crippen LogP contribution in [0.3, 0.4) is 0 Å². The van der Waals surface area contributed by atoms with Crippen molar-refractivity contribution < 1.29 is 9.53 Å². The molecular formula is C17H26N2O2. The normalized spacial score (nSPS) is 19.7. The van der Waals surface area contributed by atoms with Gasteiger partial charge in [-0.25, -0.2) is 0 Å². The van der Waals surface area contributed by atoms with E-state index in [2.05, 4.69) is 24.1 Å². The topological polar surface area (TPSA) is 41.6 Å². The lowest BCUT2D eigenvalue weighted by Gasteiger charge is -2.33. The zero-order valence-corrected chi connectivity index (χ0v) is 13.3. The van der Waals surface area contributed by atoms with Gasteiger partial charge >= 0.3 is 0 Å². The molecule has 21 heavy (non-hydrogen) atoms. The van der Waals surface area contributed by atoms with Crippen molar-refractivity contribution in [2.75, 3.05) is 32.8 Å².